The maximum Gasteiger partial charge on any atom is 0.0525 e. The van der Waals surface area contributed by atoms with E-state index in [1.54, 1.807) is 0 Å². The Bertz CT molecular complexity index is 532. The highest BCUT2D eigenvalue weighted by Crippen LogP contribution is 2.12. The van der Waals surface area contributed by atoms with Crippen LogP contribution in [0.3, 0.4) is 0 Å². The van der Waals surface area contributed by atoms with E-state index in [1.807, 2.05) is 12.4 Å². The van der Waals surface area contributed by atoms with Crippen molar-refractivity contribution in [1.82, 2.24) is 24.9 Å². The summed E-state index contributed by atoms with van der Waals surface area (Å²) in [5, 5.41) is 12.2. The highest BCUT2D eigenvalue weighted by atomic mass is 35.5. The Morgan fingerprint density at radius 3 is 2.05 bits per heavy atom. The van der Waals surface area contributed by atoms with Gasteiger partial charge in [0.25, 0.3) is 0 Å². The number of nitrogens with zero attached hydrogens (tertiary/aromatic N) is 4. The van der Waals surface area contributed by atoms with Crippen LogP contribution < -0.4 is 5.32 Å². The van der Waals surface area contributed by atoms with Crippen molar-refractivity contribution in [1.29, 1.82) is 0 Å². The molecule has 0 radical (unpaired) electrons. The molecule has 2 heterocycles. The summed E-state index contributed by atoms with van der Waals surface area (Å²) in [4.78, 5) is 0. The molecule has 6 heteroatoms. The van der Waals surface area contributed by atoms with Gasteiger partial charge >= 0.3 is 0 Å². The van der Waals surface area contributed by atoms with Crippen LogP contribution in [0.4, 0.5) is 0 Å². The molecule has 0 aromatic carbocycles. The van der Waals surface area contributed by atoms with Crippen molar-refractivity contribution < 1.29 is 0 Å². The smallest absolute Gasteiger partial charge is 0.0525 e. The average molecular weight is 312 g/mol. The first kappa shape index (κ1) is 17.7. The Balaban J connectivity index is 0.00000220. The molecule has 21 heavy (non-hydrogen) atoms. The van der Waals surface area contributed by atoms with Gasteiger partial charge in [-0.25, -0.2) is 0 Å². The Kier molecular flexibility index (Phi) is 6.92. The van der Waals surface area contributed by atoms with Crippen molar-refractivity contribution in [3.63, 3.8) is 0 Å². The topological polar surface area (TPSA) is 47.7 Å². The number of aromatic nitrogens is 4. The predicted molar refractivity (Wildman–Crippen MR) is 87.6 cm³/mol. The van der Waals surface area contributed by atoms with Crippen LogP contribution >= 0.6 is 12.4 Å². The summed E-state index contributed by atoms with van der Waals surface area (Å²) < 4.78 is 4.16. The Morgan fingerprint density at radius 1 is 1.00 bits per heavy atom. The third-order valence-corrected chi connectivity index (χ3v) is 3.61. The molecule has 0 amide bonds. The van der Waals surface area contributed by atoms with Crippen molar-refractivity contribution in [3.05, 3.63) is 35.9 Å². The number of rotatable bonds is 7. The average Bonchev–Trinajstić information content (AvgIpc) is 3.06. The largest absolute Gasteiger partial charge is 0.306 e. The van der Waals surface area contributed by atoms with Crippen LogP contribution in [0.1, 0.15) is 57.6 Å². The molecular formula is C15H26ClN5. The molecule has 0 bridgehead atoms. The van der Waals surface area contributed by atoms with Crippen LogP contribution in [0.25, 0.3) is 0 Å². The van der Waals surface area contributed by atoms with Crippen molar-refractivity contribution in [2.45, 2.75) is 59.3 Å². The van der Waals surface area contributed by atoms with Crippen LogP contribution in [0.2, 0.25) is 0 Å². The molecule has 0 aliphatic heterocycles. The Hall–Kier alpha value is -1.33. The summed E-state index contributed by atoms with van der Waals surface area (Å²) >= 11 is 0. The molecule has 2 rings (SSSR count). The number of halogens is 1. The van der Waals surface area contributed by atoms with Crippen LogP contribution in [-0.4, -0.2) is 19.6 Å². The monoisotopic (exact) mass is 311 g/mol. The zero-order valence-corrected chi connectivity index (χ0v) is 14.1. The molecule has 1 atom stereocenters. The fourth-order valence-corrected chi connectivity index (χ4v) is 2.32. The molecule has 0 spiro atoms. The van der Waals surface area contributed by atoms with Crippen LogP contribution in [0, 0.1) is 0 Å². The molecule has 1 unspecified atom stereocenters. The van der Waals surface area contributed by atoms with Crippen LogP contribution in [-0.2, 0) is 13.1 Å². The lowest BCUT2D eigenvalue weighted by Gasteiger charge is -2.15. The quantitative estimate of drug-likeness (QED) is 0.853. The number of hydrogen-bond acceptors (Lipinski definition) is 3. The second-order valence-electron chi connectivity index (χ2n) is 5.49. The zero-order valence-electron chi connectivity index (χ0n) is 13.3. The molecular weight excluding hydrogens is 286 g/mol. The van der Waals surface area contributed by atoms with E-state index in [-0.39, 0.29) is 12.4 Å². The first-order valence-electron chi connectivity index (χ1n) is 7.39. The van der Waals surface area contributed by atoms with Gasteiger partial charge in [0.2, 0.25) is 0 Å². The van der Waals surface area contributed by atoms with Crippen molar-refractivity contribution in [2.75, 3.05) is 0 Å². The summed E-state index contributed by atoms with van der Waals surface area (Å²) in [6.07, 6.45) is 4.83. The fraction of sp³-hybridized carbons (Fsp3) is 0.600. The van der Waals surface area contributed by atoms with E-state index < -0.39 is 0 Å². The minimum Gasteiger partial charge on any atom is -0.306 e. The van der Waals surface area contributed by atoms with Gasteiger partial charge in [0, 0.05) is 37.6 Å². The Morgan fingerprint density at radius 2 is 1.52 bits per heavy atom. The highest BCUT2D eigenvalue weighted by molar-refractivity contribution is 5.85. The minimum atomic E-state index is 0. The predicted octanol–water partition coefficient (Wildman–Crippen LogP) is 3.34. The molecule has 0 aliphatic rings. The molecule has 0 saturated carbocycles. The normalized spacial score (nSPS) is 12.4. The number of hydrogen-bond donors (Lipinski definition) is 1. The lowest BCUT2D eigenvalue weighted by Crippen LogP contribution is -2.20. The fourth-order valence-electron chi connectivity index (χ4n) is 2.32. The maximum atomic E-state index is 4.41. The van der Waals surface area contributed by atoms with Gasteiger partial charge in [-0.05, 0) is 39.3 Å². The molecule has 1 N–H and O–H groups in total. The second-order valence-corrected chi connectivity index (χ2v) is 5.49. The first-order valence-corrected chi connectivity index (χ1v) is 7.39. The van der Waals surface area contributed by atoms with Crippen molar-refractivity contribution >= 4 is 12.4 Å². The van der Waals surface area contributed by atoms with E-state index >= 15 is 0 Å². The SMILES string of the molecule is CCC(C)n1nccc1CNCc1ccnn1C(C)C.Cl. The van der Waals surface area contributed by atoms with Gasteiger partial charge in [-0.1, -0.05) is 6.92 Å². The lowest BCUT2D eigenvalue weighted by atomic mass is 10.2. The van der Waals surface area contributed by atoms with E-state index in [9.17, 15) is 0 Å². The first-order chi connectivity index (χ1) is 9.63. The van der Waals surface area contributed by atoms with Crippen LogP contribution in [0.5, 0.6) is 0 Å². The molecule has 2 aromatic rings. The molecule has 0 saturated heterocycles. The van der Waals surface area contributed by atoms with Gasteiger partial charge in [-0.2, -0.15) is 10.2 Å². The van der Waals surface area contributed by atoms with Gasteiger partial charge in [-0.15, -0.1) is 12.4 Å². The van der Waals surface area contributed by atoms with E-state index in [1.165, 1.54) is 11.4 Å². The van der Waals surface area contributed by atoms with Gasteiger partial charge in [0.1, 0.15) is 0 Å². The Labute approximate surface area is 133 Å². The lowest BCUT2D eigenvalue weighted by molar-refractivity contribution is 0.447. The summed E-state index contributed by atoms with van der Waals surface area (Å²) in [6, 6.07) is 4.99. The number of nitrogens with one attached hydrogen (secondary N) is 1. The molecule has 118 valence electrons. The van der Waals surface area contributed by atoms with Crippen molar-refractivity contribution in [3.8, 4) is 0 Å². The van der Waals surface area contributed by atoms with Gasteiger partial charge < -0.3 is 5.32 Å². The third kappa shape index (κ3) is 4.32. The minimum absolute atomic E-state index is 0. The van der Waals surface area contributed by atoms with Crippen LogP contribution in [0.15, 0.2) is 24.5 Å². The van der Waals surface area contributed by atoms with Gasteiger partial charge in [-0.3, -0.25) is 9.36 Å². The van der Waals surface area contributed by atoms with E-state index in [0.29, 0.717) is 12.1 Å². The summed E-state index contributed by atoms with van der Waals surface area (Å²) in [5.74, 6) is 0. The molecule has 0 fully saturated rings. The standard InChI is InChI=1S/C15H25N5.ClH/c1-5-13(4)20-15(7-9-18-20)11-16-10-14-6-8-17-19(14)12(2)3;/h6-9,12-13,16H,5,10-11H2,1-4H3;1H. The van der Waals surface area contributed by atoms with Crippen molar-refractivity contribution in [2.24, 2.45) is 0 Å². The third-order valence-electron chi connectivity index (χ3n) is 3.61. The highest BCUT2D eigenvalue weighted by Gasteiger charge is 2.09. The second kappa shape index (κ2) is 8.20. The van der Waals surface area contributed by atoms with E-state index in [0.717, 1.165) is 19.5 Å². The van der Waals surface area contributed by atoms with E-state index in [2.05, 4.69) is 64.7 Å². The summed E-state index contributed by atoms with van der Waals surface area (Å²) in [5.41, 5.74) is 2.45. The zero-order chi connectivity index (χ0) is 14.5. The van der Waals surface area contributed by atoms with E-state index in [4.69, 9.17) is 0 Å². The maximum absolute atomic E-state index is 4.41. The molecule has 5 nitrogen and oxygen atoms in total. The molecule has 2 aromatic heterocycles. The molecule has 0 aliphatic carbocycles. The van der Waals surface area contributed by atoms with Gasteiger partial charge in [0.15, 0.2) is 0 Å². The summed E-state index contributed by atoms with van der Waals surface area (Å²) in [6.45, 7) is 10.3. The summed E-state index contributed by atoms with van der Waals surface area (Å²) in [7, 11) is 0. The van der Waals surface area contributed by atoms with Gasteiger partial charge in [0.05, 0.1) is 11.4 Å².